The molecule has 3 heterocycles. The second-order valence-electron chi connectivity index (χ2n) is 8.57. The van der Waals surface area contributed by atoms with E-state index in [2.05, 4.69) is 10.00 Å². The second kappa shape index (κ2) is 8.98. The van der Waals surface area contributed by atoms with Crippen molar-refractivity contribution < 1.29 is 22.7 Å². The summed E-state index contributed by atoms with van der Waals surface area (Å²) in [5, 5.41) is 4.58. The minimum Gasteiger partial charge on any atom is -0.461 e. The fourth-order valence-electron chi connectivity index (χ4n) is 4.63. The van der Waals surface area contributed by atoms with E-state index in [0.717, 1.165) is 49.7 Å². The summed E-state index contributed by atoms with van der Waals surface area (Å²) in [6, 6.07) is 13.2. The summed E-state index contributed by atoms with van der Waals surface area (Å²) >= 11 is 0. The molecule has 9 heteroatoms. The average molecular weight is 482 g/mol. The number of benzene rings is 2. The molecule has 2 aromatic carbocycles. The molecule has 1 fully saturated rings. The Balaban J connectivity index is 1.62. The first-order valence-corrected chi connectivity index (χ1v) is 13.1. The molecule has 34 heavy (non-hydrogen) atoms. The summed E-state index contributed by atoms with van der Waals surface area (Å²) in [7, 11) is -3.62. The van der Waals surface area contributed by atoms with Crippen molar-refractivity contribution in [3.05, 3.63) is 64.8 Å². The van der Waals surface area contributed by atoms with E-state index >= 15 is 0 Å². The molecule has 0 amide bonds. The van der Waals surface area contributed by atoms with Crippen LogP contribution in [-0.4, -0.2) is 62.0 Å². The van der Waals surface area contributed by atoms with Gasteiger partial charge in [-0.2, -0.15) is 5.10 Å². The van der Waals surface area contributed by atoms with E-state index in [0.29, 0.717) is 16.8 Å². The zero-order valence-corrected chi connectivity index (χ0v) is 20.1. The molecule has 0 radical (unpaired) electrons. The maximum absolute atomic E-state index is 13.1. The first-order valence-electron chi connectivity index (χ1n) is 11.4. The van der Waals surface area contributed by atoms with Crippen molar-refractivity contribution in [2.24, 2.45) is 0 Å². The molecule has 0 spiro atoms. The van der Waals surface area contributed by atoms with E-state index in [1.54, 1.807) is 23.7 Å². The van der Waals surface area contributed by atoms with Gasteiger partial charge in [0.25, 0.3) is 0 Å². The largest absolute Gasteiger partial charge is 0.461 e. The molecule has 0 atom stereocenters. The van der Waals surface area contributed by atoms with Crippen LogP contribution >= 0.6 is 0 Å². The lowest BCUT2D eigenvalue weighted by molar-refractivity contribution is 0.0342. The summed E-state index contributed by atoms with van der Waals surface area (Å²) in [5.41, 5.74) is 4.38. The summed E-state index contributed by atoms with van der Waals surface area (Å²) < 4.78 is 38.5. The third-order valence-corrected chi connectivity index (χ3v) is 7.96. The Morgan fingerprint density at radius 1 is 1.12 bits per heavy atom. The molecule has 0 bridgehead atoms. The standard InChI is InChI=1S/C25H27N3O5S/c1-3-33-25(29)23-20-16-34(30,31)21-6-4-5-17(2)22(21)24(20)28(26-23)19-9-7-18(8-10-19)15-27-11-13-32-14-12-27/h4-10H,3,11-16H2,1-2H3. The van der Waals surface area contributed by atoms with E-state index in [4.69, 9.17) is 9.47 Å². The maximum atomic E-state index is 13.1. The van der Waals surface area contributed by atoms with Crippen LogP contribution in [-0.2, 0) is 31.6 Å². The van der Waals surface area contributed by atoms with Crippen LogP contribution < -0.4 is 0 Å². The number of nitrogens with zero attached hydrogens (tertiary/aromatic N) is 3. The van der Waals surface area contributed by atoms with E-state index < -0.39 is 15.8 Å². The monoisotopic (exact) mass is 481 g/mol. The number of ether oxygens (including phenoxy) is 2. The number of morpholine rings is 1. The molecule has 0 aliphatic carbocycles. The van der Waals surface area contributed by atoms with E-state index in [-0.39, 0.29) is 22.9 Å². The van der Waals surface area contributed by atoms with Gasteiger partial charge in [0.15, 0.2) is 15.5 Å². The van der Waals surface area contributed by atoms with Crippen LogP contribution in [0.15, 0.2) is 47.4 Å². The number of rotatable bonds is 5. The zero-order valence-electron chi connectivity index (χ0n) is 19.3. The van der Waals surface area contributed by atoms with Crippen LogP contribution in [0.2, 0.25) is 0 Å². The molecule has 0 N–H and O–H groups in total. The van der Waals surface area contributed by atoms with Gasteiger partial charge in [0.05, 0.1) is 41.9 Å². The van der Waals surface area contributed by atoms with Crippen molar-refractivity contribution >= 4 is 15.8 Å². The quantitative estimate of drug-likeness (QED) is 0.517. The van der Waals surface area contributed by atoms with Crippen molar-refractivity contribution in [2.75, 3.05) is 32.9 Å². The van der Waals surface area contributed by atoms with Crippen molar-refractivity contribution in [1.29, 1.82) is 0 Å². The number of hydrogen-bond donors (Lipinski definition) is 0. The lowest BCUT2D eigenvalue weighted by Gasteiger charge is -2.26. The fourth-order valence-corrected chi connectivity index (χ4v) is 6.29. The molecular weight excluding hydrogens is 454 g/mol. The van der Waals surface area contributed by atoms with E-state index in [1.807, 2.05) is 37.3 Å². The van der Waals surface area contributed by atoms with Gasteiger partial charge in [-0.3, -0.25) is 4.90 Å². The Morgan fingerprint density at radius 2 is 1.85 bits per heavy atom. The molecule has 2 aliphatic rings. The van der Waals surface area contributed by atoms with Crippen molar-refractivity contribution in [3.63, 3.8) is 0 Å². The first kappa shape index (κ1) is 22.8. The van der Waals surface area contributed by atoms with Crippen molar-refractivity contribution in [2.45, 2.75) is 31.0 Å². The van der Waals surface area contributed by atoms with Crippen LogP contribution in [0.25, 0.3) is 16.9 Å². The van der Waals surface area contributed by atoms with E-state index in [9.17, 15) is 13.2 Å². The van der Waals surface area contributed by atoms with Gasteiger partial charge in [0, 0.05) is 30.8 Å². The highest BCUT2D eigenvalue weighted by atomic mass is 32.2. The van der Waals surface area contributed by atoms with Gasteiger partial charge in [-0.1, -0.05) is 24.3 Å². The first-order chi connectivity index (χ1) is 16.4. The number of carbonyl (C=O) groups excluding carboxylic acids is 1. The maximum Gasteiger partial charge on any atom is 0.359 e. The Kier molecular flexibility index (Phi) is 6.01. The van der Waals surface area contributed by atoms with Crippen LogP contribution in [0.5, 0.6) is 0 Å². The Labute approximate surface area is 199 Å². The Morgan fingerprint density at radius 3 is 2.56 bits per heavy atom. The molecule has 5 rings (SSSR count). The van der Waals surface area contributed by atoms with Gasteiger partial charge in [0.2, 0.25) is 0 Å². The predicted molar refractivity (Wildman–Crippen MR) is 127 cm³/mol. The second-order valence-corrected chi connectivity index (χ2v) is 10.5. The highest BCUT2D eigenvalue weighted by molar-refractivity contribution is 7.90. The molecular formula is C25H27N3O5S. The van der Waals surface area contributed by atoms with Gasteiger partial charge >= 0.3 is 5.97 Å². The van der Waals surface area contributed by atoms with Crippen LogP contribution in [0.4, 0.5) is 0 Å². The van der Waals surface area contributed by atoms with Crippen molar-refractivity contribution in [1.82, 2.24) is 14.7 Å². The molecule has 8 nitrogen and oxygen atoms in total. The molecule has 3 aromatic rings. The average Bonchev–Trinajstić information content (AvgIpc) is 3.19. The number of fused-ring (bicyclic) bond motifs is 3. The Hall–Kier alpha value is -3.01. The van der Waals surface area contributed by atoms with Gasteiger partial charge in [-0.05, 0) is 43.2 Å². The third kappa shape index (κ3) is 4.04. The number of carbonyl (C=O) groups is 1. The fraction of sp³-hybridized carbons (Fsp3) is 0.360. The van der Waals surface area contributed by atoms with Gasteiger partial charge in [-0.25, -0.2) is 17.9 Å². The van der Waals surface area contributed by atoms with Crippen LogP contribution in [0, 0.1) is 6.92 Å². The molecule has 178 valence electrons. The van der Waals surface area contributed by atoms with Crippen molar-refractivity contribution in [3.8, 4) is 16.9 Å². The normalized spacial score (nSPS) is 17.1. The minimum absolute atomic E-state index is 0.0479. The lowest BCUT2D eigenvalue weighted by atomic mass is 10.0. The molecule has 1 aromatic heterocycles. The number of aromatic nitrogens is 2. The van der Waals surface area contributed by atoms with Gasteiger partial charge in [0.1, 0.15) is 0 Å². The summed E-state index contributed by atoms with van der Waals surface area (Å²) in [6.07, 6.45) is 0. The van der Waals surface area contributed by atoms with E-state index in [1.165, 1.54) is 0 Å². The molecule has 0 saturated carbocycles. The zero-order chi connectivity index (χ0) is 23.9. The summed E-state index contributed by atoms with van der Waals surface area (Å²) in [6.45, 7) is 7.89. The van der Waals surface area contributed by atoms with Crippen LogP contribution in [0.1, 0.15) is 34.1 Å². The van der Waals surface area contributed by atoms with Gasteiger partial charge < -0.3 is 9.47 Å². The molecule has 0 unspecified atom stereocenters. The Bertz CT molecular complexity index is 1340. The minimum atomic E-state index is -3.62. The number of hydrogen-bond acceptors (Lipinski definition) is 7. The van der Waals surface area contributed by atoms with Gasteiger partial charge in [-0.15, -0.1) is 0 Å². The number of sulfone groups is 1. The highest BCUT2D eigenvalue weighted by Gasteiger charge is 2.37. The summed E-state index contributed by atoms with van der Waals surface area (Å²) in [4.78, 5) is 15.3. The topological polar surface area (TPSA) is 90.7 Å². The SMILES string of the molecule is CCOC(=O)c1nn(-c2ccc(CN3CCOCC3)cc2)c2c1CS(=O)(=O)c1cccc(C)c1-2. The predicted octanol–water partition coefficient (Wildman–Crippen LogP) is 3.14. The lowest BCUT2D eigenvalue weighted by Crippen LogP contribution is -2.35. The number of esters is 1. The highest BCUT2D eigenvalue weighted by Crippen LogP contribution is 2.42. The van der Waals surface area contributed by atoms with Crippen LogP contribution in [0.3, 0.4) is 0 Å². The number of aryl methyl sites for hydroxylation is 1. The smallest absolute Gasteiger partial charge is 0.359 e. The molecule has 1 saturated heterocycles. The summed E-state index contributed by atoms with van der Waals surface area (Å²) in [5.74, 6) is -0.907. The molecule has 2 aliphatic heterocycles. The third-order valence-electron chi connectivity index (χ3n) is 6.28.